The van der Waals surface area contributed by atoms with Gasteiger partial charge in [-0.05, 0) is 6.42 Å². The normalized spacial score (nSPS) is 11.6. The molecule has 0 unspecified atom stereocenters. The number of allylic oxidation sites excluding steroid dienone is 1. The molecule has 0 aliphatic carbocycles. The highest BCUT2D eigenvalue weighted by molar-refractivity contribution is 6.35. The summed E-state index contributed by atoms with van der Waals surface area (Å²) in [5, 5.41) is 20.5. The first-order chi connectivity index (χ1) is 9.65. The highest BCUT2D eigenvalue weighted by Gasteiger charge is 2.11. The fraction of sp³-hybridized carbons (Fsp3) is 0.273. The summed E-state index contributed by atoms with van der Waals surface area (Å²) in [6.45, 7) is 2.87. The highest BCUT2D eigenvalue weighted by atomic mass is 35.5. The fourth-order valence-electron chi connectivity index (χ4n) is 1.55. The van der Waals surface area contributed by atoms with Gasteiger partial charge in [0, 0.05) is 19.0 Å². The number of anilines is 2. The molecule has 106 valence electrons. The smallest absolute Gasteiger partial charge is 0.231 e. The number of hydrogen-bond donors (Lipinski definition) is 5. The van der Waals surface area contributed by atoms with Crippen molar-refractivity contribution in [1.29, 1.82) is 5.41 Å². The molecule has 0 atom stereocenters. The zero-order valence-electron chi connectivity index (χ0n) is 10.9. The minimum atomic E-state index is 0.224. The predicted octanol–water partition coefficient (Wildman–Crippen LogP) is 1.49. The molecule has 20 heavy (non-hydrogen) atoms. The first-order valence-corrected chi connectivity index (χ1v) is 6.41. The number of nitrogens with one attached hydrogen (secondary N) is 4. The molecule has 0 aliphatic heterocycles. The van der Waals surface area contributed by atoms with E-state index in [1.807, 2.05) is 0 Å². The summed E-state index contributed by atoms with van der Waals surface area (Å²) in [7, 11) is 0. The minimum Gasteiger partial charge on any atom is -0.389 e. The van der Waals surface area contributed by atoms with Gasteiger partial charge < -0.3 is 21.8 Å². The fourth-order valence-corrected chi connectivity index (χ4v) is 1.77. The lowest BCUT2D eigenvalue weighted by Gasteiger charge is -2.06. The van der Waals surface area contributed by atoms with Gasteiger partial charge in [-0.25, -0.2) is 0 Å². The number of fused-ring (bicyclic) bond motifs is 1. The Kier molecular flexibility index (Phi) is 4.36. The van der Waals surface area contributed by atoms with Gasteiger partial charge >= 0.3 is 0 Å². The molecule has 0 saturated carbocycles. The molecule has 0 radical (unpaired) electrons. The Morgan fingerprint density at radius 1 is 1.50 bits per heavy atom. The molecule has 0 amide bonds. The molecule has 0 fully saturated rings. The van der Waals surface area contributed by atoms with Crippen LogP contribution in [0.15, 0.2) is 11.9 Å². The van der Waals surface area contributed by atoms with Crippen molar-refractivity contribution < 1.29 is 0 Å². The number of nitrogens with zero attached hydrogens (tertiary/aromatic N) is 3. The van der Waals surface area contributed by atoms with E-state index >= 15 is 0 Å². The van der Waals surface area contributed by atoms with Gasteiger partial charge in [-0.2, -0.15) is 15.1 Å². The molecular weight excluding hydrogens is 280 g/mol. The third-order valence-corrected chi connectivity index (χ3v) is 2.74. The summed E-state index contributed by atoms with van der Waals surface area (Å²) in [5.41, 5.74) is 6.77. The van der Waals surface area contributed by atoms with Gasteiger partial charge in [-0.1, -0.05) is 18.5 Å². The van der Waals surface area contributed by atoms with Crippen LogP contribution >= 0.6 is 11.6 Å². The minimum absolute atomic E-state index is 0.224. The second kappa shape index (κ2) is 6.20. The van der Waals surface area contributed by atoms with Crippen molar-refractivity contribution in [3.8, 4) is 0 Å². The average Bonchev–Trinajstić information content (AvgIpc) is 2.80. The summed E-state index contributed by atoms with van der Waals surface area (Å²) < 4.78 is 0. The first-order valence-electron chi connectivity index (χ1n) is 6.03. The molecule has 8 nitrogen and oxygen atoms in total. The maximum Gasteiger partial charge on any atom is 0.231 e. The Labute approximate surface area is 120 Å². The summed E-state index contributed by atoms with van der Waals surface area (Å²) in [5.74, 6) is 0.491. The van der Waals surface area contributed by atoms with Crippen LogP contribution in [0.3, 0.4) is 0 Å². The van der Waals surface area contributed by atoms with Crippen molar-refractivity contribution in [3.05, 3.63) is 17.1 Å². The maximum absolute atomic E-state index is 7.34. The van der Waals surface area contributed by atoms with E-state index in [1.54, 1.807) is 6.20 Å². The Morgan fingerprint density at radius 3 is 3.00 bits per heavy atom. The van der Waals surface area contributed by atoms with E-state index in [1.165, 1.54) is 0 Å². The second-order valence-electron chi connectivity index (χ2n) is 3.99. The van der Waals surface area contributed by atoms with Crippen LogP contribution < -0.4 is 16.4 Å². The molecule has 2 aromatic rings. The van der Waals surface area contributed by atoms with Gasteiger partial charge in [0.25, 0.3) is 0 Å². The van der Waals surface area contributed by atoms with Gasteiger partial charge in [0.1, 0.15) is 11.2 Å². The zero-order chi connectivity index (χ0) is 14.5. The third-order valence-electron chi connectivity index (χ3n) is 2.47. The van der Waals surface area contributed by atoms with Crippen LogP contribution in [-0.2, 0) is 0 Å². The standard InChI is InChI=1S/C11H15ClN8/c1-2-3-15-5-6(4-13)16-11-17-9(14)7-8(12)19-20-10(7)18-11/h4-5,13,15H,2-3H2,1H3,(H4,14,16,17,18,19,20)/b6-5+,13-4?. The monoisotopic (exact) mass is 294 g/mol. The Morgan fingerprint density at radius 2 is 2.30 bits per heavy atom. The quantitative estimate of drug-likeness (QED) is 0.405. The highest BCUT2D eigenvalue weighted by Crippen LogP contribution is 2.24. The molecule has 0 aromatic carbocycles. The molecule has 0 spiro atoms. The number of H-pyrrole nitrogens is 1. The number of halogens is 1. The number of aromatic amines is 1. The van der Waals surface area contributed by atoms with E-state index in [9.17, 15) is 0 Å². The van der Waals surface area contributed by atoms with E-state index in [0.29, 0.717) is 16.7 Å². The summed E-state index contributed by atoms with van der Waals surface area (Å²) in [6, 6.07) is 0. The first kappa shape index (κ1) is 14.1. The third kappa shape index (κ3) is 2.97. The van der Waals surface area contributed by atoms with Gasteiger partial charge in [-0.15, -0.1) is 0 Å². The SMILES string of the molecule is CCCN/C=C(\C=N)Nc1nc(N)c2c(Cl)n[nH]c2n1. The number of nitrogen functional groups attached to an aromatic ring is 1. The van der Waals surface area contributed by atoms with Crippen molar-refractivity contribution in [2.24, 2.45) is 0 Å². The summed E-state index contributed by atoms with van der Waals surface area (Å²) in [4.78, 5) is 8.29. The van der Waals surface area contributed by atoms with Gasteiger partial charge in [0.15, 0.2) is 10.8 Å². The summed E-state index contributed by atoms with van der Waals surface area (Å²) >= 11 is 5.87. The van der Waals surface area contributed by atoms with Crippen molar-refractivity contribution in [2.45, 2.75) is 13.3 Å². The van der Waals surface area contributed by atoms with E-state index in [-0.39, 0.29) is 16.9 Å². The topological polar surface area (TPSA) is 128 Å². The van der Waals surface area contributed by atoms with Crippen LogP contribution in [0.4, 0.5) is 11.8 Å². The van der Waals surface area contributed by atoms with Crippen LogP contribution in [0, 0.1) is 5.41 Å². The van der Waals surface area contributed by atoms with Crippen molar-refractivity contribution in [3.63, 3.8) is 0 Å². The molecule has 2 heterocycles. The zero-order valence-corrected chi connectivity index (χ0v) is 11.6. The Hall–Kier alpha value is -2.35. The molecule has 0 aliphatic rings. The van der Waals surface area contributed by atoms with Crippen molar-refractivity contribution in [2.75, 3.05) is 17.6 Å². The van der Waals surface area contributed by atoms with Crippen LogP contribution in [0.2, 0.25) is 5.15 Å². The van der Waals surface area contributed by atoms with Crippen LogP contribution in [-0.4, -0.2) is 32.9 Å². The van der Waals surface area contributed by atoms with Crippen molar-refractivity contribution in [1.82, 2.24) is 25.5 Å². The number of rotatable bonds is 6. The van der Waals surface area contributed by atoms with Crippen LogP contribution in [0.5, 0.6) is 0 Å². The van der Waals surface area contributed by atoms with Crippen LogP contribution in [0.25, 0.3) is 11.0 Å². The number of hydrogen-bond acceptors (Lipinski definition) is 7. The van der Waals surface area contributed by atoms with Crippen LogP contribution in [0.1, 0.15) is 13.3 Å². The van der Waals surface area contributed by atoms with Gasteiger partial charge in [0.05, 0.1) is 5.70 Å². The molecule has 2 aromatic heterocycles. The number of aromatic nitrogens is 4. The maximum atomic E-state index is 7.34. The van der Waals surface area contributed by atoms with E-state index < -0.39 is 0 Å². The second-order valence-corrected chi connectivity index (χ2v) is 4.35. The summed E-state index contributed by atoms with van der Waals surface area (Å²) in [6.07, 6.45) is 3.83. The van der Waals surface area contributed by atoms with Crippen molar-refractivity contribution >= 4 is 40.6 Å². The predicted molar refractivity (Wildman–Crippen MR) is 79.9 cm³/mol. The Bertz CT molecular complexity index is 647. The molecule has 0 bridgehead atoms. The lowest BCUT2D eigenvalue weighted by molar-refractivity contribution is 0.806. The van der Waals surface area contributed by atoms with E-state index in [4.69, 9.17) is 22.7 Å². The molecule has 9 heteroatoms. The van der Waals surface area contributed by atoms with E-state index in [2.05, 4.69) is 37.7 Å². The molecule has 6 N–H and O–H groups in total. The molecular formula is C11H15ClN8. The molecule has 2 rings (SSSR count). The Balaban J connectivity index is 2.24. The lowest BCUT2D eigenvalue weighted by atomic mass is 10.4. The average molecular weight is 295 g/mol. The molecule has 0 saturated heterocycles. The van der Waals surface area contributed by atoms with Gasteiger partial charge in [0.2, 0.25) is 5.95 Å². The van der Waals surface area contributed by atoms with E-state index in [0.717, 1.165) is 19.2 Å². The number of nitrogens with two attached hydrogens (primary N) is 1. The largest absolute Gasteiger partial charge is 0.389 e. The van der Waals surface area contributed by atoms with Gasteiger partial charge in [-0.3, -0.25) is 5.10 Å². The lowest BCUT2D eigenvalue weighted by Crippen LogP contribution is -2.12.